The summed E-state index contributed by atoms with van der Waals surface area (Å²) in [6.45, 7) is 4.56. The van der Waals surface area contributed by atoms with Gasteiger partial charge in [0.1, 0.15) is 0 Å². The lowest BCUT2D eigenvalue weighted by atomic mass is 9.96. The number of hydrogen-bond donors (Lipinski definition) is 3. The van der Waals surface area contributed by atoms with E-state index in [0.717, 1.165) is 29.3 Å². The molecule has 1 aliphatic carbocycles. The molecule has 1 aromatic carbocycles. The van der Waals surface area contributed by atoms with Crippen molar-refractivity contribution in [1.29, 1.82) is 0 Å². The normalized spacial score (nSPS) is 15.3. The lowest BCUT2D eigenvalue weighted by Crippen LogP contribution is -2.43. The number of aromatic amines is 1. The molecular weight excluding hydrogens is 314 g/mol. The third kappa shape index (κ3) is 4.41. The molecular formula is C20H27N3O2. The van der Waals surface area contributed by atoms with Gasteiger partial charge in [-0.2, -0.15) is 0 Å². The van der Waals surface area contributed by atoms with Crippen molar-refractivity contribution in [2.24, 2.45) is 0 Å². The Kier molecular flexibility index (Phi) is 5.41. The van der Waals surface area contributed by atoms with Crippen LogP contribution in [0, 0.1) is 13.8 Å². The maximum atomic E-state index is 12.2. The number of H-pyrrole nitrogens is 1. The van der Waals surface area contributed by atoms with Crippen LogP contribution in [0.15, 0.2) is 23.0 Å². The van der Waals surface area contributed by atoms with Gasteiger partial charge in [-0.1, -0.05) is 19.3 Å². The van der Waals surface area contributed by atoms with Gasteiger partial charge in [0.05, 0.1) is 0 Å². The van der Waals surface area contributed by atoms with Crippen molar-refractivity contribution in [1.82, 2.24) is 15.6 Å². The zero-order valence-electron chi connectivity index (χ0n) is 15.1. The molecule has 0 aliphatic heterocycles. The molecule has 5 heteroatoms. The Morgan fingerprint density at radius 1 is 1.12 bits per heavy atom. The summed E-state index contributed by atoms with van der Waals surface area (Å²) in [7, 11) is 0. The van der Waals surface area contributed by atoms with Crippen LogP contribution in [0.3, 0.4) is 0 Å². The topological polar surface area (TPSA) is 74.0 Å². The Bertz CT molecular complexity index is 820. The van der Waals surface area contributed by atoms with Gasteiger partial charge in [0.25, 0.3) is 5.56 Å². The Labute approximate surface area is 148 Å². The molecule has 0 spiro atoms. The number of carbonyl (C=O) groups excluding carboxylic acids is 1. The highest BCUT2D eigenvalue weighted by Gasteiger charge is 2.15. The maximum Gasteiger partial charge on any atom is 0.315 e. The number of fused-ring (bicyclic) bond motifs is 1. The fraction of sp³-hybridized carbons (Fsp3) is 0.500. The molecule has 0 radical (unpaired) electrons. The number of nitrogens with one attached hydrogen (secondary N) is 3. The van der Waals surface area contributed by atoms with Crippen molar-refractivity contribution in [3.63, 3.8) is 0 Å². The van der Waals surface area contributed by atoms with Gasteiger partial charge in [0.15, 0.2) is 0 Å². The Hall–Kier alpha value is -2.30. The van der Waals surface area contributed by atoms with Crippen LogP contribution >= 0.6 is 0 Å². The van der Waals surface area contributed by atoms with Crippen LogP contribution in [0.25, 0.3) is 10.9 Å². The van der Waals surface area contributed by atoms with E-state index in [0.29, 0.717) is 24.6 Å². The fourth-order valence-corrected chi connectivity index (χ4v) is 3.50. The van der Waals surface area contributed by atoms with E-state index < -0.39 is 0 Å². The first-order valence-electron chi connectivity index (χ1n) is 9.20. The van der Waals surface area contributed by atoms with Crippen LogP contribution in [0.2, 0.25) is 0 Å². The van der Waals surface area contributed by atoms with Crippen molar-refractivity contribution in [2.75, 3.05) is 6.54 Å². The number of aryl methyl sites for hydroxylation is 2. The van der Waals surface area contributed by atoms with E-state index >= 15 is 0 Å². The lowest BCUT2D eigenvalue weighted by molar-refractivity contribution is 0.233. The highest BCUT2D eigenvalue weighted by Crippen LogP contribution is 2.18. The second-order valence-electron chi connectivity index (χ2n) is 7.13. The summed E-state index contributed by atoms with van der Waals surface area (Å²) in [5, 5.41) is 6.93. The van der Waals surface area contributed by atoms with E-state index in [2.05, 4.69) is 28.6 Å². The van der Waals surface area contributed by atoms with E-state index in [1.165, 1.54) is 24.8 Å². The second kappa shape index (κ2) is 7.72. The summed E-state index contributed by atoms with van der Waals surface area (Å²) in [5.74, 6) is 0. The van der Waals surface area contributed by atoms with E-state index in [1.807, 2.05) is 19.1 Å². The molecule has 1 aliphatic rings. The summed E-state index contributed by atoms with van der Waals surface area (Å²) >= 11 is 0. The van der Waals surface area contributed by atoms with Crippen LogP contribution in [-0.4, -0.2) is 23.6 Å². The van der Waals surface area contributed by atoms with Gasteiger partial charge in [-0.3, -0.25) is 4.79 Å². The number of carbonyl (C=O) groups is 1. The number of rotatable bonds is 4. The maximum absolute atomic E-state index is 12.2. The molecule has 5 nitrogen and oxygen atoms in total. The molecule has 1 saturated carbocycles. The highest BCUT2D eigenvalue weighted by atomic mass is 16.2. The van der Waals surface area contributed by atoms with Gasteiger partial charge in [0.2, 0.25) is 0 Å². The molecule has 0 atom stereocenters. The summed E-state index contributed by atoms with van der Waals surface area (Å²) in [6.07, 6.45) is 6.31. The van der Waals surface area contributed by atoms with Crippen molar-refractivity contribution >= 4 is 16.9 Å². The van der Waals surface area contributed by atoms with Gasteiger partial charge in [-0.05, 0) is 67.8 Å². The van der Waals surface area contributed by atoms with Crippen molar-refractivity contribution in [3.8, 4) is 0 Å². The van der Waals surface area contributed by atoms with Gasteiger partial charge >= 0.3 is 6.03 Å². The Morgan fingerprint density at radius 3 is 2.60 bits per heavy atom. The molecule has 2 amide bonds. The molecule has 1 aromatic heterocycles. The van der Waals surface area contributed by atoms with Crippen LogP contribution in [-0.2, 0) is 6.42 Å². The molecule has 3 rings (SSSR count). The molecule has 0 bridgehead atoms. The van der Waals surface area contributed by atoms with E-state index in [1.54, 1.807) is 0 Å². The number of urea groups is 1. The van der Waals surface area contributed by atoms with E-state index in [-0.39, 0.29) is 11.6 Å². The van der Waals surface area contributed by atoms with Crippen LogP contribution < -0.4 is 16.2 Å². The lowest BCUT2D eigenvalue weighted by Gasteiger charge is -2.22. The van der Waals surface area contributed by atoms with Crippen molar-refractivity contribution < 1.29 is 4.79 Å². The van der Waals surface area contributed by atoms with Gasteiger partial charge in [-0.25, -0.2) is 4.79 Å². The molecule has 1 heterocycles. The number of amides is 2. The fourth-order valence-electron chi connectivity index (χ4n) is 3.50. The van der Waals surface area contributed by atoms with E-state index in [9.17, 15) is 9.59 Å². The third-order valence-corrected chi connectivity index (χ3v) is 5.16. The Balaban J connectivity index is 1.59. The summed E-state index contributed by atoms with van der Waals surface area (Å²) < 4.78 is 0. The first kappa shape index (κ1) is 17.5. The minimum absolute atomic E-state index is 0.0785. The van der Waals surface area contributed by atoms with Crippen LogP contribution in [0.5, 0.6) is 0 Å². The minimum Gasteiger partial charge on any atom is -0.338 e. The quantitative estimate of drug-likeness (QED) is 0.798. The van der Waals surface area contributed by atoms with Crippen LogP contribution in [0.1, 0.15) is 48.8 Å². The predicted molar refractivity (Wildman–Crippen MR) is 101 cm³/mol. The summed E-state index contributed by atoms with van der Waals surface area (Å²) in [4.78, 5) is 27.2. The average molecular weight is 341 g/mol. The third-order valence-electron chi connectivity index (χ3n) is 5.16. The monoisotopic (exact) mass is 341 g/mol. The predicted octanol–water partition coefficient (Wildman–Crippen LogP) is 3.32. The average Bonchev–Trinajstić information content (AvgIpc) is 2.58. The zero-order chi connectivity index (χ0) is 17.8. The van der Waals surface area contributed by atoms with Crippen LogP contribution in [0.4, 0.5) is 4.79 Å². The standard InChI is InChI=1S/C20H27N3O2/c1-13-10-16-12-15(19(24)23-18(16)11-14(13)2)8-9-21-20(25)22-17-6-4-3-5-7-17/h10-12,17H,3-9H2,1-2H3,(H,23,24)(H2,21,22,25). The second-order valence-corrected chi connectivity index (χ2v) is 7.13. The molecule has 1 fully saturated rings. The number of pyridine rings is 1. The largest absolute Gasteiger partial charge is 0.338 e. The molecule has 3 N–H and O–H groups in total. The smallest absolute Gasteiger partial charge is 0.315 e. The highest BCUT2D eigenvalue weighted by molar-refractivity contribution is 5.80. The molecule has 134 valence electrons. The number of benzene rings is 1. The molecule has 2 aromatic rings. The Morgan fingerprint density at radius 2 is 1.84 bits per heavy atom. The molecule has 25 heavy (non-hydrogen) atoms. The summed E-state index contributed by atoms with van der Waals surface area (Å²) in [6, 6.07) is 6.19. The van der Waals surface area contributed by atoms with E-state index in [4.69, 9.17) is 0 Å². The number of hydrogen-bond acceptors (Lipinski definition) is 2. The molecule has 0 saturated heterocycles. The van der Waals surface area contributed by atoms with Gasteiger partial charge in [-0.15, -0.1) is 0 Å². The summed E-state index contributed by atoms with van der Waals surface area (Å²) in [5.41, 5.74) is 3.85. The van der Waals surface area contributed by atoms with Gasteiger partial charge < -0.3 is 15.6 Å². The van der Waals surface area contributed by atoms with Crippen molar-refractivity contribution in [3.05, 3.63) is 45.2 Å². The minimum atomic E-state index is -0.129. The SMILES string of the molecule is Cc1cc2cc(CCNC(=O)NC3CCCCC3)c(=O)[nH]c2cc1C. The first-order chi connectivity index (χ1) is 12.0. The molecule has 0 unspecified atom stereocenters. The first-order valence-corrected chi connectivity index (χ1v) is 9.20. The van der Waals surface area contributed by atoms with Gasteiger partial charge in [0, 0.05) is 23.7 Å². The van der Waals surface area contributed by atoms with Crippen molar-refractivity contribution in [2.45, 2.75) is 58.4 Å². The number of aromatic nitrogens is 1. The zero-order valence-corrected chi connectivity index (χ0v) is 15.1.